The van der Waals surface area contributed by atoms with E-state index in [0.717, 1.165) is 5.56 Å². The van der Waals surface area contributed by atoms with Gasteiger partial charge >= 0.3 is 5.97 Å². The number of carboxylic acids is 1. The van der Waals surface area contributed by atoms with E-state index in [-0.39, 0.29) is 17.9 Å². The van der Waals surface area contributed by atoms with Crippen molar-refractivity contribution < 1.29 is 15.0 Å². The van der Waals surface area contributed by atoms with E-state index < -0.39 is 11.5 Å². The minimum Gasteiger partial charge on any atom is -0.480 e. The molecule has 0 aromatic heterocycles. The second-order valence-corrected chi connectivity index (χ2v) is 6.61. The van der Waals surface area contributed by atoms with E-state index in [1.807, 2.05) is 51.1 Å². The van der Waals surface area contributed by atoms with Crippen LogP contribution in [-0.4, -0.2) is 39.8 Å². The van der Waals surface area contributed by atoms with Gasteiger partial charge in [-0.15, -0.1) is 0 Å². The van der Waals surface area contributed by atoms with Crippen LogP contribution >= 0.6 is 11.8 Å². The molecular weight excluding hydrogens is 274 g/mol. The average Bonchev–Trinajstić information content (AvgIpc) is 2.43. The molecule has 0 amide bonds. The van der Waals surface area contributed by atoms with Gasteiger partial charge in [0.2, 0.25) is 0 Å². The highest BCUT2D eigenvalue weighted by molar-refractivity contribution is 8.00. The van der Waals surface area contributed by atoms with Crippen molar-refractivity contribution in [3.05, 3.63) is 35.9 Å². The number of thioether (sulfide) groups is 1. The first-order chi connectivity index (χ1) is 9.42. The van der Waals surface area contributed by atoms with Gasteiger partial charge in [-0.2, -0.15) is 11.8 Å². The topological polar surface area (TPSA) is 69.6 Å². The summed E-state index contributed by atoms with van der Waals surface area (Å²) in [5, 5.41) is 22.1. The molecule has 2 unspecified atom stereocenters. The van der Waals surface area contributed by atoms with Crippen LogP contribution in [0.2, 0.25) is 0 Å². The predicted molar refractivity (Wildman–Crippen MR) is 83.0 cm³/mol. The third-order valence-corrected chi connectivity index (χ3v) is 4.33. The van der Waals surface area contributed by atoms with Crippen molar-refractivity contribution in [3.8, 4) is 0 Å². The molecule has 20 heavy (non-hydrogen) atoms. The van der Waals surface area contributed by atoms with Gasteiger partial charge in [0.1, 0.15) is 0 Å². The number of aliphatic hydroxyl groups excluding tert-OH is 1. The third-order valence-electron chi connectivity index (χ3n) is 3.01. The van der Waals surface area contributed by atoms with E-state index >= 15 is 0 Å². The zero-order valence-electron chi connectivity index (χ0n) is 12.2. The molecule has 3 N–H and O–H groups in total. The van der Waals surface area contributed by atoms with Crippen molar-refractivity contribution in [2.24, 2.45) is 0 Å². The van der Waals surface area contributed by atoms with Gasteiger partial charge in [0, 0.05) is 17.0 Å². The Balaban J connectivity index is 3.11. The van der Waals surface area contributed by atoms with E-state index in [1.54, 1.807) is 0 Å². The highest BCUT2D eigenvalue weighted by Gasteiger charge is 2.41. The highest BCUT2D eigenvalue weighted by Crippen LogP contribution is 2.29. The summed E-state index contributed by atoms with van der Waals surface area (Å²) in [6, 6.07) is 9.25. The van der Waals surface area contributed by atoms with Crippen LogP contribution in [-0.2, 0) is 10.3 Å². The molecule has 0 radical (unpaired) electrons. The maximum Gasteiger partial charge on any atom is 0.329 e. The zero-order chi connectivity index (χ0) is 15.2. The van der Waals surface area contributed by atoms with E-state index in [4.69, 9.17) is 5.11 Å². The minimum absolute atomic E-state index is 0.00593. The molecule has 1 aromatic carbocycles. The molecule has 0 aliphatic rings. The van der Waals surface area contributed by atoms with Crippen LogP contribution in [0.4, 0.5) is 0 Å². The SMILES string of the molecule is CC(C)NC(CSC(C)CO)(C(=O)O)c1ccccc1. The highest BCUT2D eigenvalue weighted by atomic mass is 32.2. The number of carbonyl (C=O) groups is 1. The third kappa shape index (κ3) is 4.23. The van der Waals surface area contributed by atoms with E-state index in [2.05, 4.69) is 5.32 Å². The van der Waals surface area contributed by atoms with Crippen molar-refractivity contribution in [2.45, 2.75) is 37.6 Å². The molecule has 5 heteroatoms. The molecule has 0 saturated carbocycles. The number of hydrogen-bond donors (Lipinski definition) is 3. The van der Waals surface area contributed by atoms with Crippen LogP contribution in [0.1, 0.15) is 26.3 Å². The Labute approximate surface area is 124 Å². The van der Waals surface area contributed by atoms with E-state index in [9.17, 15) is 9.90 Å². The summed E-state index contributed by atoms with van der Waals surface area (Å²) in [7, 11) is 0. The summed E-state index contributed by atoms with van der Waals surface area (Å²) in [4.78, 5) is 11.9. The molecule has 0 spiro atoms. The number of benzene rings is 1. The first kappa shape index (κ1) is 17.0. The Morgan fingerprint density at radius 3 is 2.35 bits per heavy atom. The fourth-order valence-corrected chi connectivity index (χ4v) is 3.00. The molecule has 1 rings (SSSR count). The van der Waals surface area contributed by atoms with Crippen LogP contribution in [0.25, 0.3) is 0 Å². The average molecular weight is 297 g/mol. The van der Waals surface area contributed by atoms with Gasteiger partial charge in [-0.05, 0) is 19.4 Å². The first-order valence-corrected chi connectivity index (χ1v) is 7.76. The number of carboxylic acid groups (broad SMARTS) is 1. The fraction of sp³-hybridized carbons (Fsp3) is 0.533. The second-order valence-electron chi connectivity index (χ2n) is 5.18. The number of aliphatic carboxylic acids is 1. The van der Waals surface area contributed by atoms with Crippen LogP contribution in [0, 0.1) is 0 Å². The quantitative estimate of drug-likeness (QED) is 0.685. The monoisotopic (exact) mass is 297 g/mol. The lowest BCUT2D eigenvalue weighted by Crippen LogP contribution is -2.54. The van der Waals surface area contributed by atoms with Crippen molar-refractivity contribution in [3.63, 3.8) is 0 Å². The van der Waals surface area contributed by atoms with Gasteiger partial charge in [-0.3, -0.25) is 5.32 Å². The summed E-state index contributed by atoms with van der Waals surface area (Å²) in [5.41, 5.74) is -0.400. The largest absolute Gasteiger partial charge is 0.480 e. The number of aliphatic hydroxyl groups is 1. The lowest BCUT2D eigenvalue weighted by Gasteiger charge is -2.33. The van der Waals surface area contributed by atoms with Crippen molar-refractivity contribution >= 4 is 17.7 Å². The smallest absolute Gasteiger partial charge is 0.329 e. The molecule has 0 saturated heterocycles. The molecule has 0 fully saturated rings. The fourth-order valence-electron chi connectivity index (χ4n) is 1.99. The summed E-state index contributed by atoms with van der Waals surface area (Å²) < 4.78 is 0. The van der Waals surface area contributed by atoms with E-state index in [0.29, 0.717) is 5.75 Å². The summed E-state index contributed by atoms with van der Waals surface area (Å²) in [5.74, 6) is -0.526. The van der Waals surface area contributed by atoms with Crippen LogP contribution in [0.15, 0.2) is 30.3 Å². The number of nitrogens with one attached hydrogen (secondary N) is 1. The maximum atomic E-state index is 11.9. The summed E-state index contributed by atoms with van der Waals surface area (Å²) in [6.45, 7) is 5.79. The van der Waals surface area contributed by atoms with Crippen LogP contribution in [0.5, 0.6) is 0 Å². The second kappa shape index (κ2) is 7.67. The lowest BCUT2D eigenvalue weighted by molar-refractivity contribution is -0.144. The molecule has 112 valence electrons. The summed E-state index contributed by atoms with van der Waals surface area (Å²) in [6.07, 6.45) is 0. The molecule has 0 aliphatic carbocycles. The Hall–Kier alpha value is -1.04. The molecule has 0 bridgehead atoms. The van der Waals surface area contributed by atoms with Gasteiger partial charge in [0.15, 0.2) is 5.54 Å². The van der Waals surface area contributed by atoms with Gasteiger partial charge in [0.25, 0.3) is 0 Å². The first-order valence-electron chi connectivity index (χ1n) is 6.71. The molecule has 1 aromatic rings. The van der Waals surface area contributed by atoms with Crippen LogP contribution in [0.3, 0.4) is 0 Å². The maximum absolute atomic E-state index is 11.9. The Morgan fingerprint density at radius 1 is 1.30 bits per heavy atom. The van der Waals surface area contributed by atoms with Crippen molar-refractivity contribution in [1.82, 2.24) is 5.32 Å². The lowest BCUT2D eigenvalue weighted by atomic mass is 9.91. The van der Waals surface area contributed by atoms with Crippen molar-refractivity contribution in [2.75, 3.05) is 12.4 Å². The molecule has 2 atom stereocenters. The van der Waals surface area contributed by atoms with E-state index in [1.165, 1.54) is 11.8 Å². The van der Waals surface area contributed by atoms with Gasteiger partial charge in [-0.25, -0.2) is 4.79 Å². The Bertz CT molecular complexity index is 424. The molecule has 0 aliphatic heterocycles. The minimum atomic E-state index is -1.14. The van der Waals surface area contributed by atoms with Crippen molar-refractivity contribution in [1.29, 1.82) is 0 Å². The standard InChI is InChI=1S/C15H23NO3S/c1-11(2)16-15(14(18)19,10-20-12(3)9-17)13-7-5-4-6-8-13/h4-8,11-12,16-17H,9-10H2,1-3H3,(H,18,19). The Kier molecular flexibility index (Phi) is 6.52. The molecule has 0 heterocycles. The Morgan fingerprint density at radius 2 is 1.90 bits per heavy atom. The molecular formula is C15H23NO3S. The van der Waals surface area contributed by atoms with Crippen LogP contribution < -0.4 is 5.32 Å². The normalized spacial score (nSPS) is 15.8. The number of hydrogen-bond acceptors (Lipinski definition) is 4. The molecule has 4 nitrogen and oxygen atoms in total. The summed E-state index contributed by atoms with van der Waals surface area (Å²) >= 11 is 1.46. The predicted octanol–water partition coefficient (Wildman–Crippen LogP) is 2.08. The van der Waals surface area contributed by atoms with Gasteiger partial charge < -0.3 is 10.2 Å². The number of rotatable bonds is 8. The van der Waals surface area contributed by atoms with Gasteiger partial charge in [0.05, 0.1) is 6.61 Å². The van der Waals surface area contributed by atoms with Gasteiger partial charge in [-0.1, -0.05) is 37.3 Å². The zero-order valence-corrected chi connectivity index (χ0v) is 13.0.